The maximum absolute atomic E-state index is 12.2. The molecule has 0 radical (unpaired) electrons. The molecule has 8 heteroatoms. The Morgan fingerprint density at radius 2 is 1.91 bits per heavy atom. The number of urea groups is 1. The van der Waals surface area contributed by atoms with Gasteiger partial charge in [-0.3, -0.25) is 4.79 Å². The Morgan fingerprint density at radius 1 is 1.27 bits per heavy atom. The van der Waals surface area contributed by atoms with Crippen LogP contribution in [0.1, 0.15) is 23.2 Å². The number of phenolic OH excluding ortho intramolecular Hbond substituents is 1. The molecule has 0 saturated carbocycles. The minimum atomic E-state index is -0.430. The molecule has 0 bridgehead atoms. The van der Waals surface area contributed by atoms with E-state index >= 15 is 0 Å². The number of benzene rings is 1. The SMILES string of the molecule is CNC(=O)N1CCC(NC(=O)c2cc(Cl)cc(Cl)c2O)CC1. The van der Waals surface area contributed by atoms with E-state index in [1.807, 2.05) is 0 Å². The van der Waals surface area contributed by atoms with E-state index in [-0.39, 0.29) is 33.4 Å². The number of aromatic hydroxyl groups is 1. The fraction of sp³-hybridized carbons (Fsp3) is 0.429. The van der Waals surface area contributed by atoms with Crippen LogP contribution >= 0.6 is 23.2 Å². The normalized spacial score (nSPS) is 15.5. The maximum atomic E-state index is 12.2. The molecule has 3 amide bonds. The Kier molecular flexibility index (Phi) is 5.37. The van der Waals surface area contributed by atoms with Crippen molar-refractivity contribution in [3.63, 3.8) is 0 Å². The van der Waals surface area contributed by atoms with Crippen molar-refractivity contribution in [2.45, 2.75) is 18.9 Å². The Morgan fingerprint density at radius 3 is 2.50 bits per heavy atom. The van der Waals surface area contributed by atoms with E-state index in [1.54, 1.807) is 11.9 Å². The van der Waals surface area contributed by atoms with Crippen LogP contribution in [0.2, 0.25) is 10.0 Å². The number of carbonyl (C=O) groups is 2. The Balaban J connectivity index is 1.98. The molecule has 1 heterocycles. The van der Waals surface area contributed by atoms with E-state index in [9.17, 15) is 14.7 Å². The molecule has 1 aliphatic heterocycles. The minimum absolute atomic E-state index is 0.0343. The second-order valence-corrected chi connectivity index (χ2v) is 5.92. The van der Waals surface area contributed by atoms with Crippen molar-refractivity contribution in [1.29, 1.82) is 0 Å². The lowest BCUT2D eigenvalue weighted by molar-refractivity contribution is 0.0915. The lowest BCUT2D eigenvalue weighted by Gasteiger charge is -2.32. The molecule has 1 aromatic carbocycles. The van der Waals surface area contributed by atoms with E-state index in [0.29, 0.717) is 25.9 Å². The van der Waals surface area contributed by atoms with Crippen LogP contribution in [0.3, 0.4) is 0 Å². The first-order chi connectivity index (χ1) is 10.4. The largest absolute Gasteiger partial charge is 0.506 e. The molecule has 22 heavy (non-hydrogen) atoms. The molecule has 1 aromatic rings. The zero-order valence-electron chi connectivity index (χ0n) is 12.0. The molecule has 1 aliphatic rings. The number of nitrogens with zero attached hydrogens (tertiary/aromatic N) is 1. The molecule has 3 N–H and O–H groups in total. The molecule has 6 nitrogen and oxygen atoms in total. The average Bonchev–Trinajstić information content (AvgIpc) is 2.50. The summed E-state index contributed by atoms with van der Waals surface area (Å²) in [5, 5.41) is 15.6. The molecule has 1 fully saturated rings. The van der Waals surface area contributed by atoms with Gasteiger partial charge in [0.2, 0.25) is 0 Å². The highest BCUT2D eigenvalue weighted by molar-refractivity contribution is 6.36. The number of nitrogens with one attached hydrogen (secondary N) is 2. The van der Waals surface area contributed by atoms with E-state index in [2.05, 4.69) is 10.6 Å². The summed E-state index contributed by atoms with van der Waals surface area (Å²) in [6, 6.07) is 2.56. The van der Waals surface area contributed by atoms with Crippen molar-refractivity contribution >= 4 is 35.1 Å². The summed E-state index contributed by atoms with van der Waals surface area (Å²) in [7, 11) is 1.59. The molecule has 120 valence electrons. The van der Waals surface area contributed by atoms with Gasteiger partial charge in [-0.1, -0.05) is 23.2 Å². The van der Waals surface area contributed by atoms with Crippen LogP contribution in [0.4, 0.5) is 4.79 Å². The van der Waals surface area contributed by atoms with Crippen LogP contribution in [-0.4, -0.2) is 48.1 Å². The van der Waals surface area contributed by atoms with Crippen molar-refractivity contribution in [2.75, 3.05) is 20.1 Å². The Hall–Kier alpha value is -1.66. The number of likely N-dealkylation sites (tertiary alicyclic amines) is 1. The third-order valence-electron chi connectivity index (χ3n) is 3.60. The van der Waals surface area contributed by atoms with Gasteiger partial charge >= 0.3 is 6.03 Å². The summed E-state index contributed by atoms with van der Waals surface area (Å²) >= 11 is 11.7. The summed E-state index contributed by atoms with van der Waals surface area (Å²) in [4.78, 5) is 25.4. The number of carbonyl (C=O) groups excluding carboxylic acids is 2. The summed E-state index contributed by atoms with van der Waals surface area (Å²) in [5.41, 5.74) is 0.0474. The topological polar surface area (TPSA) is 81.7 Å². The van der Waals surface area contributed by atoms with Gasteiger partial charge in [0.15, 0.2) is 0 Å². The molecule has 2 rings (SSSR count). The second kappa shape index (κ2) is 7.07. The molecule has 0 spiro atoms. The highest BCUT2D eigenvalue weighted by Gasteiger charge is 2.24. The number of phenols is 1. The monoisotopic (exact) mass is 345 g/mol. The summed E-state index contributed by atoms with van der Waals surface area (Å²) in [6.45, 7) is 1.12. The van der Waals surface area contributed by atoms with E-state index < -0.39 is 5.91 Å². The van der Waals surface area contributed by atoms with Gasteiger partial charge in [0.25, 0.3) is 5.91 Å². The van der Waals surface area contributed by atoms with Gasteiger partial charge in [-0.15, -0.1) is 0 Å². The van der Waals surface area contributed by atoms with E-state index in [0.717, 1.165) is 0 Å². The van der Waals surface area contributed by atoms with Crippen LogP contribution in [-0.2, 0) is 0 Å². The first-order valence-electron chi connectivity index (χ1n) is 6.88. The molecular formula is C14H17Cl2N3O3. The van der Waals surface area contributed by atoms with Crippen LogP contribution < -0.4 is 10.6 Å². The van der Waals surface area contributed by atoms with Gasteiger partial charge in [0.1, 0.15) is 5.75 Å². The van der Waals surface area contributed by atoms with Gasteiger partial charge in [0, 0.05) is 31.2 Å². The second-order valence-electron chi connectivity index (χ2n) is 5.07. The molecular weight excluding hydrogens is 329 g/mol. The zero-order valence-corrected chi connectivity index (χ0v) is 13.5. The van der Waals surface area contributed by atoms with Gasteiger partial charge in [-0.2, -0.15) is 0 Å². The number of halogens is 2. The predicted molar refractivity (Wildman–Crippen MR) is 84.6 cm³/mol. The first-order valence-corrected chi connectivity index (χ1v) is 7.63. The highest BCUT2D eigenvalue weighted by Crippen LogP contribution is 2.31. The highest BCUT2D eigenvalue weighted by atomic mass is 35.5. The predicted octanol–water partition coefficient (Wildman–Crippen LogP) is 2.23. The average molecular weight is 346 g/mol. The maximum Gasteiger partial charge on any atom is 0.317 e. The van der Waals surface area contributed by atoms with Crippen molar-refractivity contribution < 1.29 is 14.7 Å². The summed E-state index contributed by atoms with van der Waals surface area (Å²) in [6.07, 6.45) is 1.29. The molecule has 0 aromatic heterocycles. The number of hydrogen-bond acceptors (Lipinski definition) is 3. The molecule has 1 saturated heterocycles. The van der Waals surface area contributed by atoms with Crippen LogP contribution in [0.25, 0.3) is 0 Å². The zero-order chi connectivity index (χ0) is 16.3. The Labute approximate surface area is 138 Å². The van der Waals surface area contributed by atoms with E-state index in [4.69, 9.17) is 23.2 Å². The summed E-state index contributed by atoms with van der Waals surface area (Å²) < 4.78 is 0. The fourth-order valence-corrected chi connectivity index (χ4v) is 2.88. The number of hydrogen-bond donors (Lipinski definition) is 3. The van der Waals surface area contributed by atoms with Gasteiger partial charge < -0.3 is 20.6 Å². The van der Waals surface area contributed by atoms with Crippen molar-refractivity contribution in [1.82, 2.24) is 15.5 Å². The van der Waals surface area contributed by atoms with Gasteiger partial charge in [-0.25, -0.2) is 4.79 Å². The number of rotatable bonds is 2. The van der Waals surface area contributed by atoms with Crippen LogP contribution in [0.15, 0.2) is 12.1 Å². The third kappa shape index (κ3) is 3.75. The lowest BCUT2D eigenvalue weighted by atomic mass is 10.0. The molecule has 0 unspecified atom stereocenters. The van der Waals surface area contributed by atoms with Crippen molar-refractivity contribution in [3.05, 3.63) is 27.7 Å². The van der Waals surface area contributed by atoms with Crippen LogP contribution in [0.5, 0.6) is 5.75 Å². The smallest absolute Gasteiger partial charge is 0.317 e. The lowest BCUT2D eigenvalue weighted by Crippen LogP contribution is -2.48. The minimum Gasteiger partial charge on any atom is -0.506 e. The standard InChI is InChI=1S/C14H17Cl2N3O3/c1-17-14(22)19-4-2-9(3-5-19)18-13(21)10-6-8(15)7-11(16)12(10)20/h6-7,9,20H,2-5H2,1H3,(H,17,22)(H,18,21). The van der Waals surface area contributed by atoms with Crippen LogP contribution in [0, 0.1) is 0 Å². The molecule has 0 aliphatic carbocycles. The van der Waals surface area contributed by atoms with Crippen molar-refractivity contribution in [2.24, 2.45) is 0 Å². The van der Waals surface area contributed by atoms with Crippen molar-refractivity contribution in [3.8, 4) is 5.75 Å². The number of amides is 3. The fourth-order valence-electron chi connectivity index (χ4n) is 2.39. The first kappa shape index (κ1) is 16.7. The Bertz CT molecular complexity index is 587. The third-order valence-corrected chi connectivity index (χ3v) is 4.11. The molecule has 0 atom stereocenters. The quantitative estimate of drug-likeness (QED) is 0.768. The number of piperidine rings is 1. The van der Waals surface area contributed by atoms with Gasteiger partial charge in [0.05, 0.1) is 10.6 Å². The van der Waals surface area contributed by atoms with Gasteiger partial charge in [-0.05, 0) is 25.0 Å². The summed E-state index contributed by atoms with van der Waals surface area (Å²) in [5.74, 6) is -0.716. The van der Waals surface area contributed by atoms with E-state index in [1.165, 1.54) is 12.1 Å².